The topological polar surface area (TPSA) is 65.0 Å². The number of pyridine rings is 1. The van der Waals surface area contributed by atoms with E-state index in [0.29, 0.717) is 29.0 Å². The van der Waals surface area contributed by atoms with Crippen molar-refractivity contribution >= 4 is 23.6 Å². The monoisotopic (exact) mass is 389 g/mol. The number of benzene rings is 1. The third-order valence-corrected chi connectivity index (χ3v) is 3.57. The second-order valence-electron chi connectivity index (χ2n) is 4.85. The molecule has 0 bridgehead atoms. The molecule has 0 radical (unpaired) electrons. The normalized spacial score (nSPS) is 11.5. The fourth-order valence-corrected chi connectivity index (χ4v) is 2.27. The number of aromatic nitrogens is 1. The Hall–Kier alpha value is -2.68. The van der Waals surface area contributed by atoms with E-state index in [1.165, 1.54) is 27.5 Å². The number of hydrazone groups is 1. The van der Waals surface area contributed by atoms with Crippen molar-refractivity contribution in [2.75, 3.05) is 26.8 Å². The maximum atomic E-state index is 12.6. The molecule has 0 saturated heterocycles. The molecule has 0 amide bonds. The van der Waals surface area contributed by atoms with Gasteiger partial charge in [0.2, 0.25) is 5.75 Å². The van der Waals surface area contributed by atoms with Crippen molar-refractivity contribution in [1.82, 2.24) is 4.98 Å². The highest BCUT2D eigenvalue weighted by atomic mass is 35.5. The summed E-state index contributed by atoms with van der Waals surface area (Å²) in [6, 6.07) is 4.10. The number of nitrogens with one attached hydrogen (secondary N) is 1. The Morgan fingerprint density at radius 3 is 2.35 bits per heavy atom. The predicted octanol–water partition coefficient (Wildman–Crippen LogP) is 4.23. The molecule has 10 heteroatoms. The van der Waals surface area contributed by atoms with Crippen molar-refractivity contribution in [3.05, 3.63) is 40.5 Å². The molecular weight excluding hydrogens is 375 g/mol. The number of anilines is 1. The molecule has 1 heterocycles. The van der Waals surface area contributed by atoms with Crippen molar-refractivity contribution < 1.29 is 27.4 Å². The highest BCUT2D eigenvalue weighted by Crippen LogP contribution is 2.39. The molecule has 1 aromatic carbocycles. The van der Waals surface area contributed by atoms with Crippen LogP contribution in [0.25, 0.3) is 0 Å². The molecule has 1 N–H and O–H groups in total. The zero-order valence-corrected chi connectivity index (χ0v) is 14.8. The van der Waals surface area contributed by atoms with Gasteiger partial charge in [-0.25, -0.2) is 4.98 Å². The Morgan fingerprint density at radius 2 is 1.81 bits per heavy atom. The molecule has 6 nitrogen and oxygen atoms in total. The van der Waals surface area contributed by atoms with E-state index in [4.69, 9.17) is 25.8 Å². The minimum Gasteiger partial charge on any atom is -0.493 e. The molecule has 0 spiro atoms. The van der Waals surface area contributed by atoms with Crippen LogP contribution in [0.3, 0.4) is 0 Å². The maximum absolute atomic E-state index is 12.6. The number of ether oxygens (including phenoxy) is 3. The minimum absolute atomic E-state index is 0.0182. The Bertz CT molecular complexity index is 813. The summed E-state index contributed by atoms with van der Waals surface area (Å²) in [5.41, 5.74) is 2.09. The summed E-state index contributed by atoms with van der Waals surface area (Å²) >= 11 is 5.80. The van der Waals surface area contributed by atoms with Crippen LogP contribution in [0.2, 0.25) is 5.02 Å². The summed E-state index contributed by atoms with van der Waals surface area (Å²) in [5, 5.41) is 3.71. The van der Waals surface area contributed by atoms with Crippen LogP contribution in [-0.4, -0.2) is 32.5 Å². The average Bonchev–Trinajstić information content (AvgIpc) is 2.61. The first kappa shape index (κ1) is 19.6. The van der Waals surface area contributed by atoms with Crippen molar-refractivity contribution in [1.29, 1.82) is 0 Å². The predicted molar refractivity (Wildman–Crippen MR) is 91.6 cm³/mol. The van der Waals surface area contributed by atoms with Crippen LogP contribution in [0, 0.1) is 0 Å². The van der Waals surface area contributed by atoms with E-state index in [1.807, 2.05) is 0 Å². The Morgan fingerprint density at radius 1 is 1.12 bits per heavy atom. The number of alkyl halides is 3. The molecule has 0 aliphatic carbocycles. The summed E-state index contributed by atoms with van der Waals surface area (Å²) in [5.74, 6) is 1.21. The van der Waals surface area contributed by atoms with Gasteiger partial charge in [0.25, 0.3) is 0 Å². The van der Waals surface area contributed by atoms with Gasteiger partial charge in [-0.05, 0) is 18.2 Å². The summed E-state index contributed by atoms with van der Waals surface area (Å²) < 4.78 is 53.5. The Balaban J connectivity index is 2.24. The molecule has 140 valence electrons. The molecule has 1 aromatic heterocycles. The number of hydrogen-bond donors (Lipinski definition) is 1. The number of rotatable bonds is 6. The second kappa shape index (κ2) is 8.13. The molecule has 0 aliphatic heterocycles. The number of methoxy groups -OCH3 is 3. The first-order valence-electron chi connectivity index (χ1n) is 7.12. The first-order valence-corrected chi connectivity index (χ1v) is 7.50. The largest absolute Gasteiger partial charge is 0.493 e. The summed E-state index contributed by atoms with van der Waals surface area (Å²) in [7, 11) is 4.41. The summed E-state index contributed by atoms with van der Waals surface area (Å²) in [4.78, 5) is 3.63. The van der Waals surface area contributed by atoms with Gasteiger partial charge < -0.3 is 14.2 Å². The van der Waals surface area contributed by atoms with E-state index in [0.717, 1.165) is 6.07 Å². The maximum Gasteiger partial charge on any atom is 0.417 e. The number of nitrogens with zero attached hydrogens (tertiary/aromatic N) is 2. The van der Waals surface area contributed by atoms with Crippen LogP contribution in [0.4, 0.5) is 19.0 Å². The molecule has 0 unspecified atom stereocenters. The smallest absolute Gasteiger partial charge is 0.417 e. The van der Waals surface area contributed by atoms with Gasteiger partial charge in [-0.1, -0.05) is 11.6 Å². The third-order valence-electron chi connectivity index (χ3n) is 3.28. The highest BCUT2D eigenvalue weighted by Gasteiger charge is 2.31. The van der Waals surface area contributed by atoms with Crippen molar-refractivity contribution in [3.8, 4) is 17.2 Å². The minimum atomic E-state index is -4.52. The van der Waals surface area contributed by atoms with Crippen molar-refractivity contribution in [2.45, 2.75) is 6.18 Å². The van der Waals surface area contributed by atoms with Gasteiger partial charge in [0.05, 0.1) is 38.1 Å². The first-order chi connectivity index (χ1) is 12.3. The van der Waals surface area contributed by atoms with Crippen LogP contribution >= 0.6 is 11.6 Å². The number of hydrogen-bond acceptors (Lipinski definition) is 6. The van der Waals surface area contributed by atoms with E-state index in [1.54, 1.807) is 12.1 Å². The molecule has 0 fully saturated rings. The van der Waals surface area contributed by atoms with E-state index >= 15 is 0 Å². The van der Waals surface area contributed by atoms with Gasteiger partial charge in [0.1, 0.15) is 0 Å². The molecule has 2 aromatic rings. The van der Waals surface area contributed by atoms with Crippen LogP contribution in [0.15, 0.2) is 29.5 Å². The van der Waals surface area contributed by atoms with Gasteiger partial charge in [-0.3, -0.25) is 5.43 Å². The zero-order valence-electron chi connectivity index (χ0n) is 14.0. The Kier molecular flexibility index (Phi) is 6.14. The van der Waals surface area contributed by atoms with Gasteiger partial charge >= 0.3 is 6.18 Å². The van der Waals surface area contributed by atoms with Gasteiger partial charge in [-0.15, -0.1) is 0 Å². The lowest BCUT2D eigenvalue weighted by Gasteiger charge is -2.13. The van der Waals surface area contributed by atoms with Gasteiger partial charge in [0, 0.05) is 11.8 Å². The van der Waals surface area contributed by atoms with Crippen molar-refractivity contribution in [3.63, 3.8) is 0 Å². The summed E-state index contributed by atoms with van der Waals surface area (Å²) in [6.45, 7) is 0. The average molecular weight is 390 g/mol. The lowest BCUT2D eigenvalue weighted by Crippen LogP contribution is -2.06. The lowest BCUT2D eigenvalue weighted by molar-refractivity contribution is -0.137. The van der Waals surface area contributed by atoms with E-state index in [2.05, 4.69) is 15.5 Å². The molecule has 0 atom stereocenters. The summed E-state index contributed by atoms with van der Waals surface area (Å²) in [6.07, 6.45) is -2.47. The SMILES string of the molecule is COc1ccc(/C=N\Nc2ncc(C(F)(F)F)cc2Cl)c(OC)c1OC. The van der Waals surface area contributed by atoms with Crippen molar-refractivity contribution in [2.24, 2.45) is 5.10 Å². The zero-order chi connectivity index (χ0) is 19.3. The molecule has 2 rings (SSSR count). The standard InChI is InChI=1S/C16H15ClF3N3O3/c1-24-12-5-4-9(13(25-2)14(12)26-3)7-22-23-15-11(17)6-10(8-21-15)16(18,19)20/h4-8H,1-3H3,(H,21,23)/b22-7-. The third kappa shape index (κ3) is 4.29. The van der Waals surface area contributed by atoms with E-state index in [-0.39, 0.29) is 10.8 Å². The van der Waals surface area contributed by atoms with Crippen LogP contribution in [0.1, 0.15) is 11.1 Å². The highest BCUT2D eigenvalue weighted by molar-refractivity contribution is 6.32. The molecular formula is C16H15ClF3N3O3. The van der Waals surface area contributed by atoms with E-state index < -0.39 is 11.7 Å². The fourth-order valence-electron chi connectivity index (χ4n) is 2.06. The van der Waals surface area contributed by atoms with Crippen LogP contribution in [0.5, 0.6) is 17.2 Å². The molecule has 0 saturated carbocycles. The molecule has 0 aliphatic rings. The Labute approximate surface area is 152 Å². The van der Waals surface area contributed by atoms with Crippen LogP contribution < -0.4 is 19.6 Å². The fraction of sp³-hybridized carbons (Fsp3) is 0.250. The van der Waals surface area contributed by atoms with Crippen LogP contribution in [-0.2, 0) is 6.18 Å². The lowest BCUT2D eigenvalue weighted by atomic mass is 10.2. The second-order valence-corrected chi connectivity index (χ2v) is 5.25. The number of halogens is 4. The van der Waals surface area contributed by atoms with Gasteiger partial charge in [-0.2, -0.15) is 18.3 Å². The quantitative estimate of drug-likeness (QED) is 0.591. The van der Waals surface area contributed by atoms with E-state index in [9.17, 15) is 13.2 Å². The molecule has 26 heavy (non-hydrogen) atoms. The van der Waals surface area contributed by atoms with Gasteiger partial charge in [0.15, 0.2) is 17.3 Å².